The van der Waals surface area contributed by atoms with E-state index in [2.05, 4.69) is 0 Å². The first-order valence-electron chi connectivity index (χ1n) is 4.92. The van der Waals surface area contributed by atoms with Crippen LogP contribution in [0.2, 0.25) is 0 Å². The molecule has 0 fully saturated rings. The molecule has 0 unspecified atom stereocenters. The predicted molar refractivity (Wildman–Crippen MR) is 55.8 cm³/mol. The number of alkyl halides is 3. The van der Waals surface area contributed by atoms with Crippen molar-refractivity contribution in [2.45, 2.75) is 6.18 Å². The molecule has 0 aromatic heterocycles. The van der Waals surface area contributed by atoms with Crippen molar-refractivity contribution >= 4 is 23.1 Å². The smallest absolute Gasteiger partial charge is 0.296 e. The lowest BCUT2D eigenvalue weighted by atomic mass is 10.1. The van der Waals surface area contributed by atoms with Crippen molar-refractivity contribution in [2.24, 2.45) is 0 Å². The maximum atomic E-state index is 12.3. The molecule has 0 spiro atoms. The lowest BCUT2D eigenvalue weighted by molar-refractivity contribution is -0.384. The molecule has 0 N–H and O–H groups in total. The fourth-order valence-electron chi connectivity index (χ4n) is 1.74. The van der Waals surface area contributed by atoms with Crippen molar-refractivity contribution in [3.8, 4) is 0 Å². The average Bonchev–Trinajstić information content (AvgIpc) is 2.52. The van der Waals surface area contributed by atoms with Crippen LogP contribution >= 0.6 is 0 Å². The van der Waals surface area contributed by atoms with Crippen LogP contribution in [0.1, 0.15) is 10.4 Å². The summed E-state index contributed by atoms with van der Waals surface area (Å²) in [7, 11) is 0. The summed E-state index contributed by atoms with van der Waals surface area (Å²) in [6.07, 6.45) is -4.67. The molecule has 0 bridgehead atoms. The van der Waals surface area contributed by atoms with Gasteiger partial charge < -0.3 is 0 Å². The number of carbonyl (C=O) groups excluding carboxylic acids is 2. The first-order chi connectivity index (χ1) is 8.70. The van der Waals surface area contributed by atoms with E-state index in [1.54, 1.807) is 0 Å². The van der Waals surface area contributed by atoms with Crippen molar-refractivity contribution in [3.63, 3.8) is 0 Å². The van der Waals surface area contributed by atoms with Crippen molar-refractivity contribution in [3.05, 3.63) is 33.9 Å². The molecule has 1 amide bonds. The van der Waals surface area contributed by atoms with Crippen LogP contribution < -0.4 is 4.90 Å². The normalized spacial score (nSPS) is 14.8. The molecule has 1 aliphatic rings. The summed E-state index contributed by atoms with van der Waals surface area (Å²) >= 11 is 0. The van der Waals surface area contributed by atoms with Crippen LogP contribution in [0.15, 0.2) is 18.2 Å². The van der Waals surface area contributed by atoms with Gasteiger partial charge >= 0.3 is 6.18 Å². The number of hydrogen-bond donors (Lipinski definition) is 0. The minimum Gasteiger partial charge on any atom is -0.296 e. The monoisotopic (exact) mass is 274 g/mol. The number of halogens is 3. The Kier molecular flexibility index (Phi) is 2.76. The summed E-state index contributed by atoms with van der Waals surface area (Å²) in [4.78, 5) is 32.9. The van der Waals surface area contributed by atoms with Gasteiger partial charge in [-0.15, -0.1) is 0 Å². The van der Waals surface area contributed by atoms with Crippen LogP contribution in [0.4, 0.5) is 24.5 Å². The van der Waals surface area contributed by atoms with Gasteiger partial charge in [0.2, 0.25) is 0 Å². The third kappa shape index (κ3) is 2.26. The van der Waals surface area contributed by atoms with Crippen LogP contribution in [0, 0.1) is 10.1 Å². The lowest BCUT2D eigenvalue weighted by Crippen LogP contribution is -2.38. The quantitative estimate of drug-likeness (QED) is 0.467. The fourth-order valence-corrected chi connectivity index (χ4v) is 1.74. The van der Waals surface area contributed by atoms with E-state index < -0.39 is 35.0 Å². The van der Waals surface area contributed by atoms with E-state index in [4.69, 9.17) is 0 Å². The van der Waals surface area contributed by atoms with Gasteiger partial charge in [-0.2, -0.15) is 13.2 Å². The maximum Gasteiger partial charge on any atom is 0.406 e. The summed E-state index contributed by atoms with van der Waals surface area (Å²) < 4.78 is 36.9. The van der Waals surface area contributed by atoms with Crippen molar-refractivity contribution < 1.29 is 27.7 Å². The number of fused-ring (bicyclic) bond motifs is 1. The van der Waals surface area contributed by atoms with Crippen molar-refractivity contribution in [1.29, 1.82) is 0 Å². The van der Waals surface area contributed by atoms with Crippen molar-refractivity contribution in [1.82, 2.24) is 0 Å². The summed E-state index contributed by atoms with van der Waals surface area (Å²) in [5.41, 5.74) is -1.12. The highest BCUT2D eigenvalue weighted by Gasteiger charge is 2.42. The van der Waals surface area contributed by atoms with E-state index in [1.165, 1.54) is 0 Å². The van der Waals surface area contributed by atoms with E-state index in [1.807, 2.05) is 0 Å². The molecule has 19 heavy (non-hydrogen) atoms. The molecule has 0 saturated carbocycles. The number of benzene rings is 1. The topological polar surface area (TPSA) is 80.5 Å². The molecule has 1 aromatic rings. The Morgan fingerprint density at radius 1 is 1.26 bits per heavy atom. The zero-order valence-electron chi connectivity index (χ0n) is 9.10. The molecule has 100 valence electrons. The number of hydrogen-bond acceptors (Lipinski definition) is 4. The highest BCUT2D eigenvalue weighted by molar-refractivity contribution is 6.52. The van der Waals surface area contributed by atoms with E-state index in [0.717, 1.165) is 18.2 Å². The van der Waals surface area contributed by atoms with Gasteiger partial charge in [-0.1, -0.05) is 0 Å². The largest absolute Gasteiger partial charge is 0.406 e. The average molecular weight is 274 g/mol. The molecule has 1 heterocycles. The molecule has 0 saturated heterocycles. The molecule has 0 aliphatic carbocycles. The van der Waals surface area contributed by atoms with Gasteiger partial charge in [0.1, 0.15) is 6.54 Å². The number of nitro benzene ring substituents is 1. The second-order valence-electron chi connectivity index (χ2n) is 3.79. The molecule has 0 radical (unpaired) electrons. The van der Waals surface area contributed by atoms with Gasteiger partial charge in [-0.05, 0) is 6.07 Å². The Labute approximate surface area is 103 Å². The molecule has 6 nitrogen and oxygen atoms in total. The molecule has 2 rings (SSSR count). The van der Waals surface area contributed by atoms with Crippen LogP contribution in [0.3, 0.4) is 0 Å². The van der Waals surface area contributed by atoms with Crippen molar-refractivity contribution in [2.75, 3.05) is 11.4 Å². The van der Waals surface area contributed by atoms with E-state index in [9.17, 15) is 32.9 Å². The summed E-state index contributed by atoms with van der Waals surface area (Å²) in [5.74, 6) is -2.52. The van der Waals surface area contributed by atoms with Crippen LogP contribution in [0.25, 0.3) is 0 Å². The molecule has 1 aromatic carbocycles. The number of rotatable bonds is 2. The van der Waals surface area contributed by atoms with Crippen LogP contribution in [-0.4, -0.2) is 29.3 Å². The zero-order chi connectivity index (χ0) is 14.4. The third-order valence-electron chi connectivity index (χ3n) is 2.50. The van der Waals surface area contributed by atoms with Gasteiger partial charge in [0.25, 0.3) is 17.4 Å². The standard InChI is InChI=1S/C10H5F3N2O4/c11-10(12,13)4-14-7-2-1-5(15(18)19)3-6(7)8(16)9(14)17/h1-3H,4H2. The Morgan fingerprint density at radius 3 is 2.42 bits per heavy atom. The Bertz CT molecular complexity index is 597. The number of non-ortho nitro benzene ring substituents is 1. The first kappa shape index (κ1) is 13.0. The molecule has 0 atom stereocenters. The summed E-state index contributed by atoms with van der Waals surface area (Å²) in [5, 5.41) is 10.5. The maximum absolute atomic E-state index is 12.3. The second-order valence-corrected chi connectivity index (χ2v) is 3.79. The summed E-state index contributed by atoms with van der Waals surface area (Å²) in [6.45, 7) is -1.61. The van der Waals surface area contributed by atoms with E-state index in [-0.39, 0.29) is 16.2 Å². The molecule has 9 heteroatoms. The van der Waals surface area contributed by atoms with Gasteiger partial charge in [0, 0.05) is 12.1 Å². The number of nitro groups is 1. The Hall–Kier alpha value is -2.45. The number of amides is 1. The number of anilines is 1. The van der Waals surface area contributed by atoms with Gasteiger partial charge in [0.05, 0.1) is 16.2 Å². The minimum atomic E-state index is -4.67. The molecular formula is C10H5F3N2O4. The third-order valence-corrected chi connectivity index (χ3v) is 2.50. The van der Waals surface area contributed by atoms with Crippen LogP contribution in [0.5, 0.6) is 0 Å². The van der Waals surface area contributed by atoms with Gasteiger partial charge in [-0.3, -0.25) is 24.6 Å². The summed E-state index contributed by atoms with van der Waals surface area (Å²) in [6, 6.07) is 2.70. The SMILES string of the molecule is O=C1C(=O)N(CC(F)(F)F)c2ccc([N+](=O)[O-])cc21. The van der Waals surface area contributed by atoms with Gasteiger partial charge in [0.15, 0.2) is 0 Å². The number of carbonyl (C=O) groups is 2. The van der Waals surface area contributed by atoms with Gasteiger partial charge in [-0.25, -0.2) is 0 Å². The van der Waals surface area contributed by atoms with E-state index in [0.29, 0.717) is 0 Å². The zero-order valence-corrected chi connectivity index (χ0v) is 9.10. The number of Topliss-reactive ketones (excluding diaryl/α,β-unsaturated/α-hetero) is 1. The molecular weight excluding hydrogens is 269 g/mol. The number of ketones is 1. The Morgan fingerprint density at radius 2 is 1.89 bits per heavy atom. The van der Waals surface area contributed by atoms with Crippen LogP contribution in [-0.2, 0) is 4.79 Å². The first-order valence-corrected chi connectivity index (χ1v) is 4.92. The highest BCUT2D eigenvalue weighted by atomic mass is 19.4. The lowest BCUT2D eigenvalue weighted by Gasteiger charge is -2.17. The second kappa shape index (κ2) is 4.04. The van der Waals surface area contributed by atoms with E-state index >= 15 is 0 Å². The minimum absolute atomic E-state index is 0.265. The number of nitrogens with zero attached hydrogens (tertiary/aromatic N) is 2. The fraction of sp³-hybridized carbons (Fsp3) is 0.200. The molecule has 1 aliphatic heterocycles. The Balaban J connectivity index is 2.47. The predicted octanol–water partition coefficient (Wildman–Crippen LogP) is 1.69. The highest BCUT2D eigenvalue weighted by Crippen LogP contribution is 2.33.